The molecule has 0 saturated carbocycles. The Kier molecular flexibility index (Phi) is 8.92. The van der Waals surface area contributed by atoms with E-state index in [0.717, 1.165) is 9.64 Å². The van der Waals surface area contributed by atoms with Crippen LogP contribution in [0.15, 0.2) is 30.3 Å². The molecule has 1 aliphatic rings. The monoisotopic (exact) mass is 601 g/mol. The van der Waals surface area contributed by atoms with E-state index >= 15 is 0 Å². The van der Waals surface area contributed by atoms with Crippen LogP contribution < -0.4 is 10.5 Å². The Hall–Kier alpha value is -2.47. The topological polar surface area (TPSA) is 85.1 Å². The van der Waals surface area contributed by atoms with Gasteiger partial charge in [-0.1, -0.05) is 6.07 Å². The maximum atomic E-state index is 14.4. The molecule has 2 aromatic carbocycles. The highest BCUT2D eigenvalue weighted by atomic mass is 127. The minimum atomic E-state index is -0.771. The first-order valence-corrected chi connectivity index (χ1v) is 12.4. The summed E-state index contributed by atoms with van der Waals surface area (Å²) in [6, 6.07) is 7.01. The maximum absolute atomic E-state index is 14.4. The highest BCUT2D eigenvalue weighted by Crippen LogP contribution is 2.27. The first-order valence-electron chi connectivity index (χ1n) is 11.3. The fourth-order valence-electron chi connectivity index (χ4n) is 3.80. The number of primary amides is 1. The van der Waals surface area contributed by atoms with Crippen LogP contribution in [0.25, 0.3) is 0 Å². The molecule has 190 valence electrons. The predicted octanol–water partition coefficient (Wildman–Crippen LogP) is 4.19. The number of halogens is 3. The zero-order chi connectivity index (χ0) is 25.8. The minimum absolute atomic E-state index is 0.00176. The molecule has 0 bridgehead atoms. The third-order valence-corrected chi connectivity index (χ3v) is 6.15. The van der Waals surface area contributed by atoms with Crippen molar-refractivity contribution in [1.82, 2.24) is 9.80 Å². The molecule has 2 amide bonds. The quantitative estimate of drug-likeness (QED) is 0.482. The average Bonchev–Trinajstić information content (AvgIpc) is 2.74. The highest BCUT2D eigenvalue weighted by Gasteiger charge is 2.26. The lowest BCUT2D eigenvalue weighted by molar-refractivity contribution is 0.0137. The summed E-state index contributed by atoms with van der Waals surface area (Å²) in [5.74, 6) is -1.78. The summed E-state index contributed by atoms with van der Waals surface area (Å²) in [6.07, 6.45) is -0.335. The minimum Gasteiger partial charge on any atom is -0.491 e. The molecule has 3 rings (SSSR count). The third kappa shape index (κ3) is 7.76. The molecule has 35 heavy (non-hydrogen) atoms. The number of hydrogen-bond acceptors (Lipinski definition) is 5. The molecule has 0 aliphatic carbocycles. The molecule has 1 saturated heterocycles. The van der Waals surface area contributed by atoms with Crippen LogP contribution in [0.4, 0.5) is 13.6 Å². The molecule has 1 heterocycles. The second-order valence-electron chi connectivity index (χ2n) is 9.37. The molecular formula is C25H30F2IN3O4. The number of amides is 2. The van der Waals surface area contributed by atoms with Gasteiger partial charge < -0.3 is 20.1 Å². The first kappa shape index (κ1) is 27.1. The Labute approximate surface area is 217 Å². The summed E-state index contributed by atoms with van der Waals surface area (Å²) in [7, 11) is 0. The molecule has 1 aliphatic heterocycles. The van der Waals surface area contributed by atoms with Crippen molar-refractivity contribution in [3.63, 3.8) is 0 Å². The van der Waals surface area contributed by atoms with Gasteiger partial charge in [-0.05, 0) is 72.7 Å². The Balaban J connectivity index is 1.62. The van der Waals surface area contributed by atoms with Crippen molar-refractivity contribution in [2.75, 3.05) is 39.3 Å². The van der Waals surface area contributed by atoms with Gasteiger partial charge in [0.25, 0.3) is 5.91 Å². The number of nitrogens with zero attached hydrogens (tertiary/aromatic N) is 2. The van der Waals surface area contributed by atoms with Crippen LogP contribution in [0.5, 0.6) is 5.75 Å². The lowest BCUT2D eigenvalue weighted by Gasteiger charge is -2.35. The van der Waals surface area contributed by atoms with Crippen LogP contribution in [0.2, 0.25) is 0 Å². The molecule has 0 aromatic heterocycles. The summed E-state index contributed by atoms with van der Waals surface area (Å²) in [6.45, 7) is 8.48. The van der Waals surface area contributed by atoms with Gasteiger partial charge in [-0.25, -0.2) is 13.6 Å². The van der Waals surface area contributed by atoms with E-state index in [9.17, 15) is 18.4 Å². The SMILES string of the molecule is CC(C)(C)OC(=O)N1CCN(CCOc2cc(F)cc(Cc3ccc(I)cc3F)c2C(N)=O)CC1. The van der Waals surface area contributed by atoms with Gasteiger partial charge in [0.15, 0.2) is 0 Å². The van der Waals surface area contributed by atoms with E-state index in [-0.39, 0.29) is 36.0 Å². The van der Waals surface area contributed by atoms with Crippen LogP contribution in [0.1, 0.15) is 42.3 Å². The molecule has 0 spiro atoms. The van der Waals surface area contributed by atoms with Crippen LogP contribution in [0.3, 0.4) is 0 Å². The van der Waals surface area contributed by atoms with Crippen molar-refractivity contribution in [3.05, 3.63) is 62.2 Å². The third-order valence-electron chi connectivity index (χ3n) is 5.48. The molecule has 0 radical (unpaired) electrons. The van der Waals surface area contributed by atoms with Gasteiger partial charge in [0.2, 0.25) is 0 Å². The van der Waals surface area contributed by atoms with E-state index in [1.165, 1.54) is 12.1 Å². The van der Waals surface area contributed by atoms with Gasteiger partial charge in [-0.2, -0.15) is 0 Å². The number of rotatable bonds is 7. The fourth-order valence-corrected chi connectivity index (χ4v) is 4.26. The van der Waals surface area contributed by atoms with Crippen molar-refractivity contribution in [2.24, 2.45) is 5.73 Å². The van der Waals surface area contributed by atoms with Crippen LogP contribution in [-0.2, 0) is 11.2 Å². The second kappa shape index (κ2) is 11.5. The van der Waals surface area contributed by atoms with Gasteiger partial charge in [-0.15, -0.1) is 0 Å². The Morgan fingerprint density at radius 1 is 1.06 bits per heavy atom. The predicted molar refractivity (Wildman–Crippen MR) is 137 cm³/mol. The number of benzene rings is 2. The zero-order valence-electron chi connectivity index (χ0n) is 20.1. The normalized spacial score (nSPS) is 14.6. The Morgan fingerprint density at radius 3 is 2.34 bits per heavy atom. The maximum Gasteiger partial charge on any atom is 0.410 e. The summed E-state index contributed by atoms with van der Waals surface area (Å²) in [4.78, 5) is 28.2. The smallest absolute Gasteiger partial charge is 0.410 e. The standard InChI is InChI=1S/C25H30F2IN3O4/c1-25(2,3)35-24(33)31-8-6-30(7-9-31)10-11-34-21-14-18(26)13-17(22(21)23(29)32)12-16-4-5-19(28)15-20(16)27/h4-5,13-15H,6-12H2,1-3H3,(H2,29,32). The number of carbonyl (C=O) groups excluding carboxylic acids is 2. The van der Waals surface area contributed by atoms with Gasteiger partial charge in [0.05, 0.1) is 5.56 Å². The summed E-state index contributed by atoms with van der Waals surface area (Å²) >= 11 is 2.00. The van der Waals surface area contributed by atoms with Crippen molar-refractivity contribution < 1.29 is 27.8 Å². The van der Waals surface area contributed by atoms with Crippen LogP contribution >= 0.6 is 22.6 Å². The van der Waals surface area contributed by atoms with Crippen molar-refractivity contribution in [2.45, 2.75) is 32.8 Å². The van der Waals surface area contributed by atoms with E-state index in [1.807, 2.05) is 43.4 Å². The van der Waals surface area contributed by atoms with Crippen molar-refractivity contribution >= 4 is 34.6 Å². The van der Waals surface area contributed by atoms with Crippen molar-refractivity contribution in [1.29, 1.82) is 0 Å². The number of piperazine rings is 1. The van der Waals surface area contributed by atoms with E-state index in [0.29, 0.717) is 38.3 Å². The Morgan fingerprint density at radius 2 is 1.74 bits per heavy atom. The van der Waals surface area contributed by atoms with E-state index in [2.05, 4.69) is 4.90 Å². The van der Waals surface area contributed by atoms with Gasteiger partial charge in [-0.3, -0.25) is 9.69 Å². The number of ether oxygens (including phenoxy) is 2. The van der Waals surface area contributed by atoms with Crippen molar-refractivity contribution in [3.8, 4) is 5.75 Å². The fraction of sp³-hybridized carbons (Fsp3) is 0.440. The summed E-state index contributed by atoms with van der Waals surface area (Å²) in [5, 5.41) is 0. The second-order valence-corrected chi connectivity index (χ2v) is 10.6. The molecule has 2 N–H and O–H groups in total. The lowest BCUT2D eigenvalue weighted by Crippen LogP contribution is -2.50. The highest BCUT2D eigenvalue weighted by molar-refractivity contribution is 14.1. The molecule has 7 nitrogen and oxygen atoms in total. The van der Waals surface area contributed by atoms with E-state index in [4.69, 9.17) is 15.2 Å². The number of hydrogen-bond donors (Lipinski definition) is 1. The molecule has 0 unspecified atom stereocenters. The average molecular weight is 601 g/mol. The number of carbonyl (C=O) groups is 2. The molecule has 10 heteroatoms. The zero-order valence-corrected chi connectivity index (χ0v) is 22.2. The molecular weight excluding hydrogens is 571 g/mol. The molecule has 2 aromatic rings. The van der Waals surface area contributed by atoms with E-state index in [1.54, 1.807) is 17.0 Å². The number of nitrogens with two attached hydrogens (primary N) is 1. The van der Waals surface area contributed by atoms with E-state index < -0.39 is 23.1 Å². The van der Waals surface area contributed by atoms with Crippen LogP contribution in [0, 0.1) is 15.2 Å². The largest absolute Gasteiger partial charge is 0.491 e. The van der Waals surface area contributed by atoms with Gasteiger partial charge in [0.1, 0.15) is 29.6 Å². The Bertz CT molecular complexity index is 1080. The molecule has 0 atom stereocenters. The van der Waals surface area contributed by atoms with Crippen LogP contribution in [-0.4, -0.2) is 66.7 Å². The summed E-state index contributed by atoms with van der Waals surface area (Å²) in [5.41, 5.74) is 5.67. The first-order chi connectivity index (χ1) is 16.4. The lowest BCUT2D eigenvalue weighted by atomic mass is 9.98. The van der Waals surface area contributed by atoms with Gasteiger partial charge >= 0.3 is 6.09 Å². The van der Waals surface area contributed by atoms with Gasteiger partial charge in [0, 0.05) is 48.8 Å². The summed E-state index contributed by atoms with van der Waals surface area (Å²) < 4.78 is 40.6. The molecule has 1 fully saturated rings.